The average Bonchev–Trinajstić information content (AvgIpc) is 3.01. The van der Waals surface area contributed by atoms with Crippen LogP contribution in [0.2, 0.25) is 0 Å². The zero-order valence-electron chi connectivity index (χ0n) is 9.20. The lowest BCUT2D eigenvalue weighted by atomic mass is 10.1. The van der Waals surface area contributed by atoms with Crippen LogP contribution < -0.4 is 11.1 Å². The van der Waals surface area contributed by atoms with Crippen LogP contribution in [-0.2, 0) is 0 Å². The Bertz CT molecular complexity index is 499. The molecule has 1 aromatic heterocycles. The first-order chi connectivity index (χ1) is 7.83. The van der Waals surface area contributed by atoms with Gasteiger partial charge in [-0.15, -0.1) is 11.3 Å². The summed E-state index contributed by atoms with van der Waals surface area (Å²) in [5.74, 6) is 0. The Labute approximate surface area is 99.5 Å². The molecule has 0 radical (unpaired) electrons. The standard InChI is InChI=1S/C13H16N2S/c14-8-13(5-6-13)9-15-11-7-16-12-4-2-1-3-10(11)12/h1-4,7,15H,5-6,8-9,14H2. The van der Waals surface area contributed by atoms with Gasteiger partial charge < -0.3 is 11.1 Å². The quantitative estimate of drug-likeness (QED) is 0.850. The minimum absolute atomic E-state index is 0.392. The molecule has 0 spiro atoms. The summed E-state index contributed by atoms with van der Waals surface area (Å²) in [5.41, 5.74) is 7.44. The van der Waals surface area contributed by atoms with Gasteiger partial charge in [-0.05, 0) is 30.9 Å². The van der Waals surface area contributed by atoms with Crippen molar-refractivity contribution in [2.24, 2.45) is 11.1 Å². The largest absolute Gasteiger partial charge is 0.383 e. The Morgan fingerprint density at radius 1 is 1.31 bits per heavy atom. The number of nitrogens with two attached hydrogens (primary N) is 1. The molecule has 1 heterocycles. The van der Waals surface area contributed by atoms with Crippen LogP contribution >= 0.6 is 11.3 Å². The minimum Gasteiger partial charge on any atom is -0.383 e. The van der Waals surface area contributed by atoms with Gasteiger partial charge in [0.2, 0.25) is 0 Å². The highest BCUT2D eigenvalue weighted by atomic mass is 32.1. The first kappa shape index (κ1) is 10.1. The van der Waals surface area contributed by atoms with Gasteiger partial charge in [0.25, 0.3) is 0 Å². The van der Waals surface area contributed by atoms with Gasteiger partial charge in [0.1, 0.15) is 0 Å². The first-order valence-corrected chi connectivity index (χ1v) is 6.61. The van der Waals surface area contributed by atoms with Crippen LogP contribution in [0.15, 0.2) is 29.6 Å². The van der Waals surface area contributed by atoms with Crippen molar-refractivity contribution in [1.29, 1.82) is 0 Å². The van der Waals surface area contributed by atoms with Crippen LogP contribution in [0, 0.1) is 5.41 Å². The van der Waals surface area contributed by atoms with Gasteiger partial charge >= 0.3 is 0 Å². The third-order valence-electron chi connectivity index (χ3n) is 3.52. The lowest BCUT2D eigenvalue weighted by molar-refractivity contribution is 0.556. The maximum absolute atomic E-state index is 5.78. The molecule has 1 fully saturated rings. The molecule has 2 nitrogen and oxygen atoms in total. The Kier molecular flexibility index (Phi) is 2.37. The molecule has 0 amide bonds. The molecule has 3 rings (SSSR count). The molecule has 1 aliphatic carbocycles. The SMILES string of the molecule is NCC1(CNc2csc3ccccc23)CC1. The number of nitrogens with one attached hydrogen (secondary N) is 1. The fraction of sp³-hybridized carbons (Fsp3) is 0.385. The highest BCUT2D eigenvalue weighted by Gasteiger charge is 2.40. The summed E-state index contributed by atoms with van der Waals surface area (Å²) in [4.78, 5) is 0. The maximum Gasteiger partial charge on any atom is 0.0529 e. The third kappa shape index (κ3) is 1.70. The summed E-state index contributed by atoms with van der Waals surface area (Å²) >= 11 is 1.80. The topological polar surface area (TPSA) is 38.0 Å². The van der Waals surface area contributed by atoms with Gasteiger partial charge in [0.05, 0.1) is 5.69 Å². The van der Waals surface area contributed by atoms with E-state index in [4.69, 9.17) is 5.73 Å². The van der Waals surface area contributed by atoms with Crippen LogP contribution in [-0.4, -0.2) is 13.1 Å². The van der Waals surface area contributed by atoms with Crippen molar-refractivity contribution in [2.45, 2.75) is 12.8 Å². The van der Waals surface area contributed by atoms with Crippen LogP contribution in [0.5, 0.6) is 0 Å². The molecular formula is C13H16N2S. The van der Waals surface area contributed by atoms with Gasteiger partial charge in [-0.1, -0.05) is 18.2 Å². The van der Waals surface area contributed by atoms with E-state index in [2.05, 4.69) is 35.0 Å². The second-order valence-electron chi connectivity index (χ2n) is 4.70. The monoisotopic (exact) mass is 232 g/mol. The lowest BCUT2D eigenvalue weighted by Gasteiger charge is -2.13. The molecule has 3 heteroatoms. The molecule has 0 bridgehead atoms. The summed E-state index contributed by atoms with van der Waals surface area (Å²) in [6, 6.07) is 8.53. The Balaban J connectivity index is 1.79. The summed E-state index contributed by atoms with van der Waals surface area (Å²) in [6.45, 7) is 1.83. The predicted octanol–water partition coefficient (Wildman–Crippen LogP) is 3.05. The summed E-state index contributed by atoms with van der Waals surface area (Å²) in [6.07, 6.45) is 2.55. The molecule has 3 N–H and O–H groups in total. The number of rotatable bonds is 4. The van der Waals surface area contributed by atoms with E-state index in [0.717, 1.165) is 13.1 Å². The van der Waals surface area contributed by atoms with Crippen molar-refractivity contribution in [3.05, 3.63) is 29.6 Å². The van der Waals surface area contributed by atoms with Crippen molar-refractivity contribution in [3.63, 3.8) is 0 Å². The molecule has 1 aromatic carbocycles. The fourth-order valence-electron chi connectivity index (χ4n) is 2.03. The minimum atomic E-state index is 0.392. The normalized spacial score (nSPS) is 17.6. The first-order valence-electron chi connectivity index (χ1n) is 5.73. The lowest BCUT2D eigenvalue weighted by Crippen LogP contribution is -2.24. The van der Waals surface area contributed by atoms with E-state index in [1.807, 2.05) is 0 Å². The smallest absolute Gasteiger partial charge is 0.0529 e. The highest BCUT2D eigenvalue weighted by Crippen LogP contribution is 2.44. The van der Waals surface area contributed by atoms with Crippen molar-refractivity contribution in [2.75, 3.05) is 18.4 Å². The Morgan fingerprint density at radius 3 is 2.88 bits per heavy atom. The molecule has 1 saturated carbocycles. The number of hydrogen-bond acceptors (Lipinski definition) is 3. The number of benzene rings is 1. The van der Waals surface area contributed by atoms with E-state index in [-0.39, 0.29) is 0 Å². The molecule has 0 atom stereocenters. The average molecular weight is 232 g/mol. The predicted molar refractivity (Wildman–Crippen MR) is 71.0 cm³/mol. The molecule has 1 aliphatic rings. The van der Waals surface area contributed by atoms with Gasteiger partial charge in [0, 0.05) is 22.0 Å². The molecule has 0 aliphatic heterocycles. The number of fused-ring (bicyclic) bond motifs is 1. The Hall–Kier alpha value is -1.06. The van der Waals surface area contributed by atoms with E-state index >= 15 is 0 Å². The molecule has 84 valence electrons. The zero-order valence-corrected chi connectivity index (χ0v) is 10.0. The van der Waals surface area contributed by atoms with Gasteiger partial charge in [-0.3, -0.25) is 0 Å². The van der Waals surface area contributed by atoms with E-state index in [9.17, 15) is 0 Å². The van der Waals surface area contributed by atoms with Crippen molar-refractivity contribution >= 4 is 27.1 Å². The van der Waals surface area contributed by atoms with Crippen LogP contribution in [0.4, 0.5) is 5.69 Å². The van der Waals surface area contributed by atoms with Crippen LogP contribution in [0.25, 0.3) is 10.1 Å². The number of anilines is 1. The van der Waals surface area contributed by atoms with Crippen LogP contribution in [0.3, 0.4) is 0 Å². The zero-order chi connectivity index (χ0) is 11.0. The number of thiophene rings is 1. The molecule has 2 aromatic rings. The maximum atomic E-state index is 5.78. The summed E-state index contributed by atoms with van der Waals surface area (Å²) in [5, 5.41) is 7.09. The molecule has 0 saturated heterocycles. The summed E-state index contributed by atoms with van der Waals surface area (Å²) in [7, 11) is 0. The second kappa shape index (κ2) is 3.75. The van der Waals surface area contributed by atoms with Crippen LogP contribution in [0.1, 0.15) is 12.8 Å². The van der Waals surface area contributed by atoms with E-state index in [0.29, 0.717) is 5.41 Å². The van der Waals surface area contributed by atoms with E-state index in [1.54, 1.807) is 11.3 Å². The molecule has 16 heavy (non-hydrogen) atoms. The third-order valence-corrected chi connectivity index (χ3v) is 4.49. The van der Waals surface area contributed by atoms with Crippen molar-refractivity contribution in [3.8, 4) is 0 Å². The van der Waals surface area contributed by atoms with Crippen molar-refractivity contribution < 1.29 is 0 Å². The highest BCUT2D eigenvalue weighted by molar-refractivity contribution is 7.17. The van der Waals surface area contributed by atoms with Crippen molar-refractivity contribution in [1.82, 2.24) is 0 Å². The number of hydrogen-bond donors (Lipinski definition) is 2. The van der Waals surface area contributed by atoms with Gasteiger partial charge in [-0.2, -0.15) is 0 Å². The Morgan fingerprint density at radius 2 is 2.12 bits per heavy atom. The molecule has 0 unspecified atom stereocenters. The fourth-order valence-corrected chi connectivity index (χ4v) is 2.94. The second-order valence-corrected chi connectivity index (χ2v) is 5.61. The van der Waals surface area contributed by atoms with Gasteiger partial charge in [0.15, 0.2) is 0 Å². The summed E-state index contributed by atoms with van der Waals surface area (Å²) < 4.78 is 1.35. The van der Waals surface area contributed by atoms with Gasteiger partial charge in [-0.25, -0.2) is 0 Å². The van der Waals surface area contributed by atoms with E-state index < -0.39 is 0 Å². The van der Waals surface area contributed by atoms with E-state index in [1.165, 1.54) is 28.6 Å². The molecular weight excluding hydrogens is 216 g/mol.